The number of rotatable bonds is 1. The molecule has 1 amide bonds. The van der Waals surface area contributed by atoms with E-state index in [1.54, 1.807) is 4.90 Å². The van der Waals surface area contributed by atoms with E-state index in [0.29, 0.717) is 0 Å². The molecule has 0 aromatic carbocycles. The molecule has 1 aliphatic heterocycles. The van der Waals surface area contributed by atoms with Crippen molar-refractivity contribution in [2.45, 2.75) is 45.2 Å². The number of hydrogen-bond donors (Lipinski definition) is 2. The average molecular weight is 200 g/mol. The predicted molar refractivity (Wildman–Crippen MR) is 55.5 cm³/mol. The third kappa shape index (κ3) is 2.61. The molecule has 0 bridgehead atoms. The van der Waals surface area contributed by atoms with Gasteiger partial charge in [-0.1, -0.05) is 0 Å². The Hall–Kier alpha value is -0.770. The minimum absolute atomic E-state index is 0.126. The van der Waals surface area contributed by atoms with Crippen molar-refractivity contribution in [1.29, 1.82) is 0 Å². The minimum atomic E-state index is -0.814. The first-order valence-corrected chi connectivity index (χ1v) is 5.16. The minimum Gasteiger partial charge on any atom is -0.465 e. The van der Waals surface area contributed by atoms with Gasteiger partial charge in [0, 0.05) is 18.1 Å². The Morgan fingerprint density at radius 1 is 1.50 bits per heavy atom. The Balaban J connectivity index is 2.71. The standard InChI is InChI=1S/C10H20N2O2/c1-10(2,3)12(9(13)14)8-5-4-6-11-7-8/h8,11H,4-7H2,1-3H3,(H,13,14). The van der Waals surface area contributed by atoms with Crippen LogP contribution in [-0.2, 0) is 0 Å². The van der Waals surface area contributed by atoms with Gasteiger partial charge in [0.05, 0.1) is 0 Å². The van der Waals surface area contributed by atoms with E-state index in [1.807, 2.05) is 20.8 Å². The van der Waals surface area contributed by atoms with Crippen LogP contribution in [0.1, 0.15) is 33.6 Å². The lowest BCUT2D eigenvalue weighted by molar-refractivity contribution is 0.0614. The van der Waals surface area contributed by atoms with Gasteiger partial charge in [0.2, 0.25) is 0 Å². The molecule has 0 radical (unpaired) electrons. The molecule has 1 fully saturated rings. The first-order valence-electron chi connectivity index (χ1n) is 5.16. The quantitative estimate of drug-likeness (QED) is 0.674. The lowest BCUT2D eigenvalue weighted by atomic mass is 9.99. The molecule has 1 unspecified atom stereocenters. The van der Waals surface area contributed by atoms with Crippen LogP contribution in [0.4, 0.5) is 4.79 Å². The molecule has 1 heterocycles. The maximum atomic E-state index is 11.1. The van der Waals surface area contributed by atoms with Crippen molar-refractivity contribution in [1.82, 2.24) is 10.2 Å². The van der Waals surface area contributed by atoms with E-state index in [-0.39, 0.29) is 11.6 Å². The van der Waals surface area contributed by atoms with Gasteiger partial charge in [-0.05, 0) is 40.2 Å². The lowest BCUT2D eigenvalue weighted by Crippen LogP contribution is -2.56. The van der Waals surface area contributed by atoms with Gasteiger partial charge < -0.3 is 10.4 Å². The highest BCUT2D eigenvalue weighted by Gasteiger charge is 2.33. The van der Waals surface area contributed by atoms with Crippen molar-refractivity contribution in [3.8, 4) is 0 Å². The second kappa shape index (κ2) is 4.17. The molecule has 14 heavy (non-hydrogen) atoms. The van der Waals surface area contributed by atoms with Crippen LogP contribution in [0.2, 0.25) is 0 Å². The van der Waals surface area contributed by atoms with Crippen LogP contribution in [0.15, 0.2) is 0 Å². The van der Waals surface area contributed by atoms with Crippen LogP contribution in [0.5, 0.6) is 0 Å². The zero-order valence-electron chi connectivity index (χ0n) is 9.21. The van der Waals surface area contributed by atoms with E-state index >= 15 is 0 Å². The molecule has 0 aromatic rings. The number of nitrogens with zero attached hydrogens (tertiary/aromatic N) is 1. The van der Waals surface area contributed by atoms with Crippen LogP contribution in [-0.4, -0.2) is 40.8 Å². The van der Waals surface area contributed by atoms with Crippen LogP contribution in [0.25, 0.3) is 0 Å². The summed E-state index contributed by atoms with van der Waals surface area (Å²) < 4.78 is 0. The summed E-state index contributed by atoms with van der Waals surface area (Å²) in [5.41, 5.74) is -0.310. The summed E-state index contributed by atoms with van der Waals surface area (Å²) >= 11 is 0. The van der Waals surface area contributed by atoms with E-state index in [9.17, 15) is 4.79 Å². The average Bonchev–Trinajstić information content (AvgIpc) is 2.02. The van der Waals surface area contributed by atoms with Crippen LogP contribution < -0.4 is 5.32 Å². The smallest absolute Gasteiger partial charge is 0.408 e. The van der Waals surface area contributed by atoms with E-state index in [1.165, 1.54) is 0 Å². The van der Waals surface area contributed by atoms with E-state index < -0.39 is 6.09 Å². The summed E-state index contributed by atoms with van der Waals surface area (Å²) in [4.78, 5) is 12.7. The Kier molecular flexibility index (Phi) is 3.37. The first kappa shape index (κ1) is 11.3. The largest absolute Gasteiger partial charge is 0.465 e. The van der Waals surface area contributed by atoms with E-state index in [0.717, 1.165) is 25.9 Å². The second-order valence-corrected chi connectivity index (χ2v) is 4.82. The fourth-order valence-corrected chi connectivity index (χ4v) is 2.04. The molecular weight excluding hydrogens is 180 g/mol. The Morgan fingerprint density at radius 3 is 2.50 bits per heavy atom. The zero-order valence-corrected chi connectivity index (χ0v) is 9.21. The van der Waals surface area contributed by atoms with Gasteiger partial charge in [0.1, 0.15) is 0 Å². The molecule has 4 heteroatoms. The summed E-state index contributed by atoms with van der Waals surface area (Å²) in [5.74, 6) is 0. The number of nitrogens with one attached hydrogen (secondary N) is 1. The van der Waals surface area contributed by atoms with Crippen molar-refractivity contribution >= 4 is 6.09 Å². The molecular formula is C10H20N2O2. The lowest BCUT2D eigenvalue weighted by Gasteiger charge is -2.41. The van der Waals surface area contributed by atoms with Crippen LogP contribution in [0.3, 0.4) is 0 Å². The highest BCUT2D eigenvalue weighted by Crippen LogP contribution is 2.21. The summed E-state index contributed by atoms with van der Waals surface area (Å²) in [6.07, 6.45) is 1.22. The fourth-order valence-electron chi connectivity index (χ4n) is 2.04. The van der Waals surface area contributed by atoms with Crippen molar-refractivity contribution in [2.24, 2.45) is 0 Å². The number of amides is 1. The number of piperidine rings is 1. The molecule has 1 rings (SSSR count). The second-order valence-electron chi connectivity index (χ2n) is 4.82. The van der Waals surface area contributed by atoms with Gasteiger partial charge in [-0.15, -0.1) is 0 Å². The van der Waals surface area contributed by atoms with Crippen LogP contribution in [0, 0.1) is 0 Å². The van der Waals surface area contributed by atoms with Crippen LogP contribution >= 0.6 is 0 Å². The molecule has 1 aliphatic rings. The van der Waals surface area contributed by atoms with Crippen molar-refractivity contribution in [2.75, 3.05) is 13.1 Å². The van der Waals surface area contributed by atoms with Gasteiger partial charge in [0.15, 0.2) is 0 Å². The Bertz CT molecular complexity index is 205. The summed E-state index contributed by atoms with van der Waals surface area (Å²) in [7, 11) is 0. The third-order valence-electron chi connectivity index (χ3n) is 2.56. The van der Waals surface area contributed by atoms with E-state index in [2.05, 4.69) is 5.32 Å². The summed E-state index contributed by atoms with van der Waals surface area (Å²) in [5, 5.41) is 12.4. The Morgan fingerprint density at radius 2 is 2.14 bits per heavy atom. The van der Waals surface area contributed by atoms with Gasteiger partial charge in [-0.25, -0.2) is 4.79 Å². The van der Waals surface area contributed by atoms with Gasteiger partial charge in [-0.2, -0.15) is 0 Å². The normalized spacial score (nSPS) is 23.2. The molecule has 0 saturated carbocycles. The SMILES string of the molecule is CC(C)(C)N(C(=O)O)C1CCCNC1. The number of hydrogen-bond acceptors (Lipinski definition) is 2. The maximum absolute atomic E-state index is 11.1. The molecule has 1 saturated heterocycles. The third-order valence-corrected chi connectivity index (χ3v) is 2.56. The highest BCUT2D eigenvalue weighted by atomic mass is 16.4. The molecule has 0 aromatic heterocycles. The molecule has 2 N–H and O–H groups in total. The topological polar surface area (TPSA) is 52.6 Å². The van der Waals surface area contributed by atoms with Crippen molar-refractivity contribution in [3.63, 3.8) is 0 Å². The highest BCUT2D eigenvalue weighted by molar-refractivity contribution is 5.66. The first-order chi connectivity index (χ1) is 6.43. The molecule has 4 nitrogen and oxygen atoms in total. The van der Waals surface area contributed by atoms with Crippen molar-refractivity contribution < 1.29 is 9.90 Å². The molecule has 82 valence electrons. The van der Waals surface area contributed by atoms with Gasteiger partial charge in [0.25, 0.3) is 0 Å². The maximum Gasteiger partial charge on any atom is 0.408 e. The van der Waals surface area contributed by atoms with Gasteiger partial charge in [-0.3, -0.25) is 4.90 Å². The predicted octanol–water partition coefficient (Wildman–Crippen LogP) is 1.52. The molecule has 1 atom stereocenters. The Labute approximate surface area is 85.3 Å². The molecule has 0 aliphatic carbocycles. The molecule has 0 spiro atoms. The zero-order chi connectivity index (χ0) is 10.8. The number of carbonyl (C=O) groups is 1. The van der Waals surface area contributed by atoms with Gasteiger partial charge >= 0.3 is 6.09 Å². The summed E-state index contributed by atoms with van der Waals surface area (Å²) in [6, 6.07) is 0.126. The van der Waals surface area contributed by atoms with E-state index in [4.69, 9.17) is 5.11 Å². The summed E-state index contributed by atoms with van der Waals surface area (Å²) in [6.45, 7) is 7.61. The fraction of sp³-hybridized carbons (Fsp3) is 0.900. The monoisotopic (exact) mass is 200 g/mol. The van der Waals surface area contributed by atoms with Crippen molar-refractivity contribution in [3.05, 3.63) is 0 Å². The number of carboxylic acid groups (broad SMARTS) is 1.